The molecule has 0 nitrogen and oxygen atoms in total. The average molecular weight is 148 g/mol. The van der Waals surface area contributed by atoms with Crippen molar-refractivity contribution in [1.29, 1.82) is 0 Å². The molecule has 3 heteroatoms. The molecule has 10 heavy (non-hydrogen) atoms. The van der Waals surface area contributed by atoms with Crippen LogP contribution in [-0.4, -0.2) is 0 Å². The number of halogens is 3. The molecule has 0 saturated carbocycles. The number of allylic oxidation sites excluding steroid dienone is 4. The lowest BCUT2D eigenvalue weighted by Crippen LogP contribution is -1.94. The molecular weight excluding hydrogens is 141 g/mol. The van der Waals surface area contributed by atoms with Crippen molar-refractivity contribution in [1.82, 2.24) is 0 Å². The van der Waals surface area contributed by atoms with Crippen LogP contribution in [0.1, 0.15) is 19.8 Å². The zero-order valence-electron chi connectivity index (χ0n) is 5.55. The second-order valence-electron chi connectivity index (χ2n) is 2.35. The van der Waals surface area contributed by atoms with Gasteiger partial charge in [-0.25, -0.2) is 13.2 Å². The summed E-state index contributed by atoms with van der Waals surface area (Å²) in [4.78, 5) is 0. The number of hydrogen-bond acceptors (Lipinski definition) is 0. The third kappa shape index (κ3) is 1.23. The molecule has 0 heterocycles. The van der Waals surface area contributed by atoms with Gasteiger partial charge >= 0.3 is 0 Å². The van der Waals surface area contributed by atoms with E-state index in [-0.39, 0.29) is 6.42 Å². The Hall–Kier alpha value is -0.730. The van der Waals surface area contributed by atoms with E-state index in [1.54, 1.807) is 0 Å². The minimum atomic E-state index is -0.969. The summed E-state index contributed by atoms with van der Waals surface area (Å²) in [5, 5.41) is 0. The summed E-state index contributed by atoms with van der Waals surface area (Å²) >= 11 is 0. The van der Waals surface area contributed by atoms with E-state index in [1.165, 1.54) is 6.92 Å². The maximum atomic E-state index is 12.4. The molecule has 0 aromatic heterocycles. The molecule has 0 aromatic rings. The molecule has 0 aromatic carbocycles. The first-order valence-electron chi connectivity index (χ1n) is 2.98. The van der Waals surface area contributed by atoms with Gasteiger partial charge in [-0.2, -0.15) is 0 Å². The van der Waals surface area contributed by atoms with Crippen molar-refractivity contribution in [3.8, 4) is 0 Å². The molecule has 0 bridgehead atoms. The zero-order valence-corrected chi connectivity index (χ0v) is 5.55. The van der Waals surface area contributed by atoms with Crippen LogP contribution in [0, 0.1) is 0 Å². The van der Waals surface area contributed by atoms with Crippen LogP contribution in [0.4, 0.5) is 13.2 Å². The molecular formula is C7H7F3. The first-order valence-corrected chi connectivity index (χ1v) is 2.98. The van der Waals surface area contributed by atoms with Crippen molar-refractivity contribution in [2.75, 3.05) is 0 Å². The van der Waals surface area contributed by atoms with Gasteiger partial charge in [0.05, 0.1) is 6.42 Å². The van der Waals surface area contributed by atoms with Crippen LogP contribution in [0.3, 0.4) is 0 Å². The fourth-order valence-corrected chi connectivity index (χ4v) is 0.808. The quantitative estimate of drug-likeness (QED) is 0.495. The van der Waals surface area contributed by atoms with E-state index < -0.39 is 23.9 Å². The highest BCUT2D eigenvalue weighted by Crippen LogP contribution is 2.31. The standard InChI is InChI=1S/C7H7F3/c1-4-2-6(9)7(10)3-5(4)8/h2-3H2,1H3. The average Bonchev–Trinajstić information content (AvgIpc) is 1.84. The van der Waals surface area contributed by atoms with Gasteiger partial charge < -0.3 is 0 Å². The SMILES string of the molecule is CC1=C(F)CC(F)=C(F)C1. The predicted molar refractivity (Wildman–Crippen MR) is 32.3 cm³/mol. The Bertz CT molecular complexity index is 169. The third-order valence-electron chi connectivity index (χ3n) is 1.49. The molecule has 0 amide bonds. The Morgan fingerprint density at radius 1 is 0.900 bits per heavy atom. The van der Waals surface area contributed by atoms with Crippen molar-refractivity contribution in [3.05, 3.63) is 23.1 Å². The molecule has 0 radical (unpaired) electrons. The fourth-order valence-electron chi connectivity index (χ4n) is 0.808. The molecule has 0 atom stereocenters. The van der Waals surface area contributed by atoms with Crippen LogP contribution in [0.2, 0.25) is 0 Å². The Morgan fingerprint density at radius 2 is 1.40 bits per heavy atom. The van der Waals surface area contributed by atoms with Gasteiger partial charge in [0, 0.05) is 6.42 Å². The maximum Gasteiger partial charge on any atom is 0.138 e. The van der Waals surface area contributed by atoms with Gasteiger partial charge in [-0.05, 0) is 12.5 Å². The maximum absolute atomic E-state index is 12.4. The Balaban J connectivity index is 2.81. The van der Waals surface area contributed by atoms with Crippen LogP contribution in [0.15, 0.2) is 23.1 Å². The van der Waals surface area contributed by atoms with E-state index in [4.69, 9.17) is 0 Å². The largest absolute Gasteiger partial charge is 0.211 e. The van der Waals surface area contributed by atoms with Gasteiger partial charge in [0.25, 0.3) is 0 Å². The molecule has 1 aliphatic carbocycles. The second-order valence-corrected chi connectivity index (χ2v) is 2.35. The van der Waals surface area contributed by atoms with Gasteiger partial charge in [0.15, 0.2) is 0 Å². The molecule has 0 spiro atoms. The molecule has 0 fully saturated rings. The zero-order chi connectivity index (χ0) is 7.72. The van der Waals surface area contributed by atoms with E-state index in [1.807, 2.05) is 0 Å². The third-order valence-corrected chi connectivity index (χ3v) is 1.49. The summed E-state index contributed by atoms with van der Waals surface area (Å²) in [7, 11) is 0. The van der Waals surface area contributed by atoms with Crippen LogP contribution in [-0.2, 0) is 0 Å². The Kier molecular flexibility index (Phi) is 1.83. The Labute approximate surface area is 57.0 Å². The highest BCUT2D eigenvalue weighted by Gasteiger charge is 2.17. The van der Waals surface area contributed by atoms with Gasteiger partial charge in [0.1, 0.15) is 17.5 Å². The second kappa shape index (κ2) is 2.48. The van der Waals surface area contributed by atoms with Gasteiger partial charge in [-0.3, -0.25) is 0 Å². The lowest BCUT2D eigenvalue weighted by atomic mass is 10.1. The van der Waals surface area contributed by atoms with Crippen LogP contribution in [0.5, 0.6) is 0 Å². The number of rotatable bonds is 0. The summed E-state index contributed by atoms with van der Waals surface area (Å²) in [5.41, 5.74) is 0.291. The lowest BCUT2D eigenvalue weighted by molar-refractivity contribution is 0.456. The van der Waals surface area contributed by atoms with E-state index in [0.717, 1.165) is 0 Å². The van der Waals surface area contributed by atoms with E-state index >= 15 is 0 Å². The summed E-state index contributed by atoms with van der Waals surface area (Å²) in [6.07, 6.45) is -0.713. The van der Waals surface area contributed by atoms with Crippen molar-refractivity contribution < 1.29 is 13.2 Å². The van der Waals surface area contributed by atoms with E-state index in [9.17, 15) is 13.2 Å². The van der Waals surface area contributed by atoms with Crippen LogP contribution in [0.25, 0.3) is 0 Å². The lowest BCUT2D eigenvalue weighted by Gasteiger charge is -2.08. The minimum Gasteiger partial charge on any atom is -0.211 e. The van der Waals surface area contributed by atoms with Crippen molar-refractivity contribution >= 4 is 0 Å². The molecule has 0 saturated heterocycles. The first-order chi connectivity index (χ1) is 4.61. The van der Waals surface area contributed by atoms with Crippen molar-refractivity contribution in [3.63, 3.8) is 0 Å². The topological polar surface area (TPSA) is 0 Å². The Morgan fingerprint density at radius 3 is 1.90 bits per heavy atom. The fraction of sp³-hybridized carbons (Fsp3) is 0.429. The van der Waals surface area contributed by atoms with E-state index in [0.29, 0.717) is 5.57 Å². The molecule has 1 rings (SSSR count). The number of hydrogen-bond donors (Lipinski definition) is 0. The summed E-state index contributed by atoms with van der Waals surface area (Å²) in [6.45, 7) is 1.46. The molecule has 56 valence electrons. The highest BCUT2D eigenvalue weighted by molar-refractivity contribution is 5.23. The van der Waals surface area contributed by atoms with Gasteiger partial charge in [0.2, 0.25) is 0 Å². The summed E-state index contributed by atoms with van der Waals surface area (Å²) in [5.74, 6) is -2.35. The van der Waals surface area contributed by atoms with Crippen LogP contribution < -0.4 is 0 Å². The molecule has 0 aliphatic heterocycles. The minimum absolute atomic E-state index is 0.211. The van der Waals surface area contributed by atoms with Gasteiger partial charge in [-0.15, -0.1) is 0 Å². The summed E-state index contributed by atoms with van der Waals surface area (Å²) < 4.78 is 37.0. The van der Waals surface area contributed by atoms with Crippen molar-refractivity contribution in [2.24, 2.45) is 0 Å². The normalized spacial score (nSPS) is 20.4. The smallest absolute Gasteiger partial charge is 0.138 e. The first kappa shape index (κ1) is 7.38. The van der Waals surface area contributed by atoms with E-state index in [2.05, 4.69) is 0 Å². The van der Waals surface area contributed by atoms with Gasteiger partial charge in [-0.1, -0.05) is 0 Å². The predicted octanol–water partition coefficient (Wildman–Crippen LogP) is 3.17. The van der Waals surface area contributed by atoms with Crippen LogP contribution >= 0.6 is 0 Å². The molecule has 0 N–H and O–H groups in total. The highest BCUT2D eigenvalue weighted by atomic mass is 19.2. The molecule has 1 aliphatic rings. The molecule has 0 unspecified atom stereocenters. The van der Waals surface area contributed by atoms with Crippen molar-refractivity contribution in [2.45, 2.75) is 19.8 Å². The monoisotopic (exact) mass is 148 g/mol. The summed E-state index contributed by atoms with van der Waals surface area (Å²) in [6, 6.07) is 0.